The minimum absolute atomic E-state index is 0.0748. The summed E-state index contributed by atoms with van der Waals surface area (Å²) in [5.41, 5.74) is 10.9. The van der Waals surface area contributed by atoms with Gasteiger partial charge in [0, 0.05) is 0 Å². The number of nitrogens with two attached hydrogens (primary N) is 1. The van der Waals surface area contributed by atoms with E-state index in [1.807, 2.05) is 0 Å². The van der Waals surface area contributed by atoms with Crippen LogP contribution >= 0.6 is 12.6 Å². The molecule has 13 heteroatoms. The fourth-order valence-corrected chi connectivity index (χ4v) is 2.32. The van der Waals surface area contributed by atoms with Crippen molar-refractivity contribution in [2.45, 2.75) is 24.5 Å². The Balaban J connectivity index is 4.86. The van der Waals surface area contributed by atoms with Crippen molar-refractivity contribution >= 4 is 42.1 Å². The van der Waals surface area contributed by atoms with Gasteiger partial charge in [0.15, 0.2) is 0 Å². The number of amides is 2. The van der Waals surface area contributed by atoms with Gasteiger partial charge in [-0.2, -0.15) is 0 Å². The van der Waals surface area contributed by atoms with Gasteiger partial charge >= 0.3 is 149 Å². The molecule has 23 heavy (non-hydrogen) atoms. The van der Waals surface area contributed by atoms with Gasteiger partial charge in [-0.05, 0) is 0 Å². The molecule has 7 N–H and O–H groups in total. The van der Waals surface area contributed by atoms with Crippen molar-refractivity contribution in [1.29, 1.82) is 0 Å². The van der Waals surface area contributed by atoms with Crippen molar-refractivity contribution in [2.75, 3.05) is 12.3 Å². The maximum absolute atomic E-state index is 12.0. The Bertz CT molecular complexity index is 457. The molecule has 130 valence electrons. The van der Waals surface area contributed by atoms with Crippen LogP contribution < -0.4 is 41.2 Å². The Hall–Kier alpha value is -1.06. The summed E-state index contributed by atoms with van der Waals surface area (Å²) < 4.78 is 2.73. The fraction of sp³-hybridized carbons (Fsp3) is 0.600. The average Bonchev–Trinajstić information content (AvgIpc) is 2.48. The summed E-state index contributed by atoms with van der Waals surface area (Å²) in [6.45, 7) is 0.0748. The molecule has 0 aromatic rings. The van der Waals surface area contributed by atoms with Gasteiger partial charge in [0.25, 0.3) is 0 Å². The van der Waals surface area contributed by atoms with Crippen LogP contribution in [0.25, 0.3) is 0 Å². The first-order valence-electron chi connectivity index (χ1n) is 6.20. The van der Waals surface area contributed by atoms with Crippen molar-refractivity contribution < 1.29 is 50.7 Å². The number of carbonyl (C=O) groups is 4. The van der Waals surface area contributed by atoms with Crippen LogP contribution in [0.1, 0.15) is 6.42 Å². The zero-order valence-corrected chi connectivity index (χ0v) is 14.9. The van der Waals surface area contributed by atoms with Gasteiger partial charge in [-0.25, -0.2) is 0 Å². The maximum atomic E-state index is 12.0. The Kier molecular flexibility index (Phi) is 10.9. The molecule has 0 aliphatic rings. The van der Waals surface area contributed by atoms with Gasteiger partial charge in [0.2, 0.25) is 0 Å². The number of hydrogen-bond donors (Lipinski definition) is 7. The zero-order chi connectivity index (χ0) is 18.0. The fourth-order valence-electron chi connectivity index (χ4n) is 1.34. The number of rotatable bonds is 11. The Labute approximate surface area is 149 Å². The van der Waals surface area contributed by atoms with Gasteiger partial charge < -0.3 is 0 Å². The van der Waals surface area contributed by atoms with Crippen LogP contribution in [-0.2, 0) is 19.2 Å². The summed E-state index contributed by atoms with van der Waals surface area (Å²) in [4.78, 5) is 45.5. The molecule has 0 saturated carbocycles. The van der Waals surface area contributed by atoms with E-state index in [0.717, 1.165) is 0 Å². The standard InChI is InChI=1S/C10H17BIN4O6S/c11-12-14-2-4(13)8(19)15-5(1-7(17)18)9(20)16-6(3-23)10(21)22/h4-6,14,23H,1-3,13H2,(H,15,19)(H,16,20)(H,17,18)(H,21,22)/q-1/t4-,5-,6-/m0/s1. The molecule has 2 radical (unpaired) electrons. The van der Waals surface area contributed by atoms with E-state index in [-0.39, 0.29) is 12.3 Å². The third-order valence-electron chi connectivity index (χ3n) is 2.52. The normalized spacial score (nSPS) is 14.5. The van der Waals surface area contributed by atoms with Crippen LogP contribution in [0.3, 0.4) is 0 Å². The zero-order valence-electron chi connectivity index (χ0n) is 11.9. The Morgan fingerprint density at radius 2 is 1.70 bits per heavy atom. The van der Waals surface area contributed by atoms with E-state index in [1.165, 1.54) is 0 Å². The van der Waals surface area contributed by atoms with E-state index in [4.69, 9.17) is 21.6 Å². The summed E-state index contributed by atoms with van der Waals surface area (Å²) in [5, 5.41) is 21.9. The van der Waals surface area contributed by atoms with Crippen molar-refractivity contribution in [3.05, 3.63) is 0 Å². The van der Waals surface area contributed by atoms with Crippen LogP contribution in [0.15, 0.2) is 0 Å². The summed E-state index contributed by atoms with van der Waals surface area (Å²) in [6, 6.07) is -3.79. The first-order chi connectivity index (χ1) is 10.7. The number of carboxylic acid groups (broad SMARTS) is 2. The van der Waals surface area contributed by atoms with Gasteiger partial charge in [-0.1, -0.05) is 0 Å². The molecule has 0 saturated heterocycles. The summed E-state index contributed by atoms with van der Waals surface area (Å²) in [7, 11) is 0. The molecule has 0 rings (SSSR count). The number of carboxylic acids is 2. The molecule has 0 aliphatic carbocycles. The minimum atomic E-state index is -1.46. The van der Waals surface area contributed by atoms with Gasteiger partial charge in [-0.3, -0.25) is 0 Å². The average molecular weight is 459 g/mol. The third-order valence-corrected chi connectivity index (χ3v) is 3.77. The Morgan fingerprint density at radius 1 is 1.13 bits per heavy atom. The molecule has 0 fully saturated rings. The molecule has 0 unspecified atom stereocenters. The molecule has 0 aromatic heterocycles. The number of thiol groups is 1. The van der Waals surface area contributed by atoms with Gasteiger partial charge in [0.05, 0.1) is 0 Å². The van der Waals surface area contributed by atoms with Crippen LogP contribution in [0, 0.1) is 0 Å². The third kappa shape index (κ3) is 8.97. The van der Waals surface area contributed by atoms with Crippen LogP contribution in [0.4, 0.5) is 0 Å². The molecular weight excluding hydrogens is 442 g/mol. The van der Waals surface area contributed by atoms with Crippen LogP contribution in [0.2, 0.25) is 0 Å². The van der Waals surface area contributed by atoms with E-state index in [1.54, 1.807) is 0 Å². The van der Waals surface area contributed by atoms with Crippen molar-refractivity contribution in [3.8, 4) is 0 Å². The molecule has 10 nitrogen and oxygen atoms in total. The van der Waals surface area contributed by atoms with Gasteiger partial charge in [0.1, 0.15) is 0 Å². The van der Waals surface area contributed by atoms with E-state index in [2.05, 4.69) is 26.8 Å². The first kappa shape index (κ1) is 21.9. The molecule has 0 aromatic carbocycles. The molecule has 0 bridgehead atoms. The molecular formula is C10H17BIN4O6S-. The number of carbonyl (C=O) groups excluding carboxylic acids is 2. The van der Waals surface area contributed by atoms with E-state index in [0.29, 0.717) is 0 Å². The number of halogens is 1. The van der Waals surface area contributed by atoms with Crippen LogP contribution in [-0.4, -0.2) is 70.1 Å². The summed E-state index contributed by atoms with van der Waals surface area (Å²) in [5.74, 6) is -4.58. The number of nitrogens with one attached hydrogen (secondary N) is 3. The monoisotopic (exact) mass is 459 g/mol. The van der Waals surface area contributed by atoms with E-state index in [9.17, 15) is 19.2 Å². The molecule has 0 heterocycles. The second kappa shape index (κ2) is 11.5. The van der Waals surface area contributed by atoms with E-state index < -0.39 is 69.6 Å². The second-order valence-electron chi connectivity index (χ2n) is 4.29. The van der Waals surface area contributed by atoms with Crippen molar-refractivity contribution in [3.63, 3.8) is 0 Å². The SMILES string of the molecule is [B][I-]NC[C@H](N)C(=O)N[C@@H](CC(=O)O)C(=O)N[C@@H](CS)C(=O)O. The molecule has 3 atom stereocenters. The van der Waals surface area contributed by atoms with Crippen molar-refractivity contribution in [1.82, 2.24) is 14.2 Å². The van der Waals surface area contributed by atoms with Crippen LogP contribution in [0.5, 0.6) is 0 Å². The van der Waals surface area contributed by atoms with Gasteiger partial charge in [-0.15, -0.1) is 0 Å². The molecule has 0 spiro atoms. The predicted octanol–water partition coefficient (Wildman–Crippen LogP) is -6.55. The predicted molar refractivity (Wildman–Crippen MR) is 79.3 cm³/mol. The number of aliphatic carboxylic acids is 2. The Morgan fingerprint density at radius 3 is 2.13 bits per heavy atom. The quantitative estimate of drug-likeness (QED) is 0.0693. The first-order valence-corrected chi connectivity index (χ1v) is 9.15. The topological polar surface area (TPSA) is 171 Å². The second-order valence-corrected chi connectivity index (χ2v) is 6.05. The number of hydrogen-bond acceptors (Lipinski definition) is 7. The summed E-state index contributed by atoms with van der Waals surface area (Å²) in [6.07, 6.45) is -0.722. The summed E-state index contributed by atoms with van der Waals surface area (Å²) >= 11 is 2.99. The van der Waals surface area contributed by atoms with Crippen molar-refractivity contribution in [2.24, 2.45) is 5.73 Å². The molecule has 2 amide bonds. The molecule has 0 aliphatic heterocycles. The van der Waals surface area contributed by atoms with E-state index >= 15 is 0 Å².